The van der Waals surface area contributed by atoms with Crippen LogP contribution in [0, 0.1) is 5.41 Å². The van der Waals surface area contributed by atoms with E-state index in [0.29, 0.717) is 5.41 Å². The Balaban J connectivity index is 0.00000192. The molecule has 1 N–H and O–H groups in total. The van der Waals surface area contributed by atoms with Crippen molar-refractivity contribution in [1.82, 2.24) is 15.1 Å². The Morgan fingerprint density at radius 1 is 1.17 bits per heavy atom. The van der Waals surface area contributed by atoms with E-state index in [1.54, 1.807) is 0 Å². The van der Waals surface area contributed by atoms with Crippen molar-refractivity contribution in [1.29, 1.82) is 0 Å². The number of hydrogen-bond acceptors (Lipinski definition) is 2. The molecule has 0 radical (unpaired) electrons. The summed E-state index contributed by atoms with van der Waals surface area (Å²) in [5.41, 5.74) is 0.649. The molecule has 0 aromatic carbocycles. The van der Waals surface area contributed by atoms with Crippen LogP contribution in [0.25, 0.3) is 0 Å². The predicted molar refractivity (Wildman–Crippen MR) is 109 cm³/mol. The third kappa shape index (κ3) is 4.74. The van der Waals surface area contributed by atoms with Gasteiger partial charge in [0.1, 0.15) is 0 Å². The molecule has 134 valence electrons. The monoisotopic (exact) mass is 434 g/mol. The standard InChI is InChI=1S/C18H34N4.HI/c1-19-17(22-13-11-18(15-22)9-6-10-18)20-12-14-21(2)16-7-4-3-5-8-16;/h16H,3-15H2,1-2H3,(H,19,20);1H. The van der Waals surface area contributed by atoms with E-state index in [1.807, 2.05) is 7.05 Å². The summed E-state index contributed by atoms with van der Waals surface area (Å²) in [6.45, 7) is 4.56. The lowest BCUT2D eigenvalue weighted by atomic mass is 9.68. The Kier molecular flexibility index (Phi) is 7.45. The number of hydrogen-bond donors (Lipinski definition) is 1. The summed E-state index contributed by atoms with van der Waals surface area (Å²) in [6.07, 6.45) is 12.7. The zero-order valence-electron chi connectivity index (χ0n) is 15.0. The van der Waals surface area contributed by atoms with Gasteiger partial charge in [-0.05, 0) is 44.6 Å². The second-order valence-corrected chi connectivity index (χ2v) is 7.77. The van der Waals surface area contributed by atoms with E-state index in [9.17, 15) is 0 Å². The molecule has 0 aromatic rings. The first-order chi connectivity index (χ1) is 10.7. The fraction of sp³-hybridized carbons (Fsp3) is 0.944. The van der Waals surface area contributed by atoms with Crippen molar-refractivity contribution >= 4 is 29.9 Å². The van der Waals surface area contributed by atoms with Gasteiger partial charge >= 0.3 is 0 Å². The van der Waals surface area contributed by atoms with Crippen molar-refractivity contribution in [3.63, 3.8) is 0 Å². The Labute approximate surface area is 159 Å². The molecule has 0 unspecified atom stereocenters. The number of nitrogens with zero attached hydrogens (tertiary/aromatic N) is 3. The van der Waals surface area contributed by atoms with Crippen LogP contribution in [0.5, 0.6) is 0 Å². The van der Waals surface area contributed by atoms with E-state index >= 15 is 0 Å². The van der Waals surface area contributed by atoms with Crippen LogP contribution in [0.3, 0.4) is 0 Å². The van der Waals surface area contributed by atoms with Crippen molar-refractivity contribution in [2.45, 2.75) is 63.8 Å². The molecule has 3 rings (SSSR count). The van der Waals surface area contributed by atoms with E-state index in [2.05, 4.69) is 27.2 Å². The molecule has 2 saturated carbocycles. The van der Waals surface area contributed by atoms with Gasteiger partial charge in [0.05, 0.1) is 0 Å². The molecule has 3 fully saturated rings. The van der Waals surface area contributed by atoms with Crippen LogP contribution in [0.15, 0.2) is 4.99 Å². The first-order valence-corrected chi connectivity index (χ1v) is 9.38. The SMILES string of the molecule is CN=C(NCCN(C)C1CCCCC1)N1CCC2(CCC2)C1.I. The van der Waals surface area contributed by atoms with E-state index < -0.39 is 0 Å². The van der Waals surface area contributed by atoms with Gasteiger partial charge in [-0.25, -0.2) is 0 Å². The Hall–Kier alpha value is -0.0400. The molecule has 1 spiro atoms. The molecule has 4 nitrogen and oxygen atoms in total. The predicted octanol–water partition coefficient (Wildman–Crippen LogP) is 3.32. The van der Waals surface area contributed by atoms with Crippen LogP contribution in [0.4, 0.5) is 0 Å². The quantitative estimate of drug-likeness (QED) is 0.419. The third-order valence-corrected chi connectivity index (χ3v) is 6.31. The van der Waals surface area contributed by atoms with E-state index in [-0.39, 0.29) is 24.0 Å². The van der Waals surface area contributed by atoms with E-state index in [0.717, 1.165) is 25.1 Å². The summed E-state index contributed by atoms with van der Waals surface area (Å²) >= 11 is 0. The van der Waals surface area contributed by atoms with E-state index in [4.69, 9.17) is 0 Å². The number of aliphatic imine (C=N–C) groups is 1. The second kappa shape index (κ2) is 8.88. The molecule has 0 aromatic heterocycles. The summed E-state index contributed by atoms with van der Waals surface area (Å²) in [7, 11) is 4.22. The molecule has 0 bridgehead atoms. The highest BCUT2D eigenvalue weighted by Crippen LogP contribution is 2.47. The molecular weight excluding hydrogens is 399 g/mol. The Morgan fingerprint density at radius 2 is 1.91 bits per heavy atom. The number of halogens is 1. The molecule has 2 aliphatic carbocycles. The molecule has 0 atom stereocenters. The van der Waals surface area contributed by atoms with Crippen molar-refractivity contribution in [2.24, 2.45) is 10.4 Å². The average molecular weight is 434 g/mol. The largest absolute Gasteiger partial charge is 0.355 e. The minimum atomic E-state index is 0. The fourth-order valence-electron chi connectivity index (χ4n) is 4.58. The lowest BCUT2D eigenvalue weighted by molar-refractivity contribution is 0.151. The number of nitrogens with one attached hydrogen (secondary N) is 1. The number of likely N-dealkylation sites (N-methyl/N-ethyl adjacent to an activating group) is 1. The summed E-state index contributed by atoms with van der Waals surface area (Å²) < 4.78 is 0. The second-order valence-electron chi connectivity index (χ2n) is 7.77. The molecular formula is C18H35IN4. The number of rotatable bonds is 4. The zero-order chi connectivity index (χ0) is 15.4. The highest BCUT2D eigenvalue weighted by atomic mass is 127. The summed E-state index contributed by atoms with van der Waals surface area (Å²) in [4.78, 5) is 9.55. The third-order valence-electron chi connectivity index (χ3n) is 6.31. The topological polar surface area (TPSA) is 30.9 Å². The van der Waals surface area contributed by atoms with Crippen molar-refractivity contribution in [2.75, 3.05) is 40.3 Å². The van der Waals surface area contributed by atoms with Gasteiger partial charge < -0.3 is 15.1 Å². The lowest BCUT2D eigenvalue weighted by Gasteiger charge is -2.38. The Morgan fingerprint density at radius 3 is 2.48 bits per heavy atom. The normalized spacial score (nSPS) is 24.7. The Bertz CT molecular complexity index is 388. The van der Waals surface area contributed by atoms with Crippen LogP contribution in [0.1, 0.15) is 57.8 Å². The first kappa shape index (κ1) is 19.3. The fourth-order valence-corrected chi connectivity index (χ4v) is 4.58. The van der Waals surface area contributed by atoms with Gasteiger partial charge in [-0.15, -0.1) is 24.0 Å². The molecule has 23 heavy (non-hydrogen) atoms. The summed E-state index contributed by atoms with van der Waals surface area (Å²) in [6, 6.07) is 0.808. The van der Waals surface area contributed by atoms with Gasteiger partial charge in [0.25, 0.3) is 0 Å². The molecule has 3 aliphatic rings. The van der Waals surface area contributed by atoms with Crippen LogP contribution in [-0.4, -0.2) is 62.1 Å². The number of guanidine groups is 1. The van der Waals surface area contributed by atoms with Gasteiger partial charge in [0.15, 0.2) is 5.96 Å². The molecule has 5 heteroatoms. The first-order valence-electron chi connectivity index (χ1n) is 9.38. The maximum absolute atomic E-state index is 4.52. The highest BCUT2D eigenvalue weighted by Gasteiger charge is 2.43. The van der Waals surface area contributed by atoms with Gasteiger partial charge in [0, 0.05) is 39.3 Å². The average Bonchev–Trinajstić information content (AvgIpc) is 2.98. The van der Waals surface area contributed by atoms with Crippen LogP contribution in [-0.2, 0) is 0 Å². The molecule has 1 saturated heterocycles. The maximum atomic E-state index is 4.52. The van der Waals surface area contributed by atoms with Crippen LogP contribution < -0.4 is 5.32 Å². The van der Waals surface area contributed by atoms with Crippen molar-refractivity contribution in [3.8, 4) is 0 Å². The zero-order valence-corrected chi connectivity index (χ0v) is 17.3. The minimum absolute atomic E-state index is 0. The van der Waals surface area contributed by atoms with Crippen molar-refractivity contribution < 1.29 is 0 Å². The summed E-state index contributed by atoms with van der Waals surface area (Å²) in [5.74, 6) is 1.13. The van der Waals surface area contributed by atoms with Crippen LogP contribution in [0.2, 0.25) is 0 Å². The minimum Gasteiger partial charge on any atom is -0.355 e. The smallest absolute Gasteiger partial charge is 0.193 e. The summed E-state index contributed by atoms with van der Waals surface area (Å²) in [5, 5.41) is 3.60. The van der Waals surface area contributed by atoms with Crippen molar-refractivity contribution in [3.05, 3.63) is 0 Å². The van der Waals surface area contributed by atoms with Gasteiger partial charge in [-0.1, -0.05) is 25.7 Å². The highest BCUT2D eigenvalue weighted by molar-refractivity contribution is 14.0. The molecule has 1 heterocycles. The van der Waals surface area contributed by atoms with Gasteiger partial charge in [0.2, 0.25) is 0 Å². The number of likely N-dealkylation sites (tertiary alicyclic amines) is 1. The molecule has 0 amide bonds. The lowest BCUT2D eigenvalue weighted by Crippen LogP contribution is -2.45. The van der Waals surface area contributed by atoms with Gasteiger partial charge in [-0.3, -0.25) is 4.99 Å². The van der Waals surface area contributed by atoms with Crippen LogP contribution >= 0.6 is 24.0 Å². The van der Waals surface area contributed by atoms with E-state index in [1.165, 1.54) is 70.9 Å². The maximum Gasteiger partial charge on any atom is 0.193 e. The van der Waals surface area contributed by atoms with Gasteiger partial charge in [-0.2, -0.15) is 0 Å². The molecule has 1 aliphatic heterocycles.